The fraction of sp³-hybridized carbons (Fsp3) is 0.167. The highest BCUT2D eigenvalue weighted by molar-refractivity contribution is 4.91. The monoisotopic (exact) mass is 198 g/mol. The highest BCUT2D eigenvalue weighted by atomic mass is 16.7. The van der Waals surface area contributed by atoms with Crippen LogP contribution in [0.15, 0.2) is 24.4 Å². The summed E-state index contributed by atoms with van der Waals surface area (Å²) in [4.78, 5) is 18.6. The number of nitrogens with one attached hydrogen (secondary N) is 1. The molecule has 0 saturated heterocycles. The first-order valence-electron chi connectivity index (χ1n) is 3.53. The quantitative estimate of drug-likeness (QED) is 0.417. The zero-order valence-corrected chi connectivity index (χ0v) is 6.86. The van der Waals surface area contributed by atoms with E-state index < -0.39 is 16.1 Å². The molecule has 0 aliphatic carbocycles. The minimum Gasteiger partial charge on any atom is -0.284 e. The molecule has 8 nitrogen and oxygen atoms in total. The molecule has 0 bridgehead atoms. The molecule has 0 saturated carbocycles. The van der Waals surface area contributed by atoms with E-state index in [1.807, 2.05) is 0 Å². The van der Waals surface area contributed by atoms with Crippen molar-refractivity contribution in [1.82, 2.24) is 4.57 Å². The van der Waals surface area contributed by atoms with Crippen molar-refractivity contribution < 1.29 is 9.85 Å². The minimum atomic E-state index is -2.14. The molecule has 0 aliphatic rings. The van der Waals surface area contributed by atoms with Crippen molar-refractivity contribution in [3.8, 4) is 0 Å². The number of hydrogen-bond donors (Lipinski definition) is 1. The van der Waals surface area contributed by atoms with Crippen LogP contribution in [0.25, 0.3) is 0 Å². The van der Waals surface area contributed by atoms with Gasteiger partial charge in [0.25, 0.3) is 0 Å². The molecule has 1 heterocycles. The first-order valence-corrected chi connectivity index (χ1v) is 3.53. The van der Waals surface area contributed by atoms with Crippen LogP contribution in [-0.4, -0.2) is 14.4 Å². The highest BCUT2D eigenvalue weighted by Gasteiger charge is 2.33. The van der Waals surface area contributed by atoms with Crippen LogP contribution in [0.1, 0.15) is 6.29 Å². The second kappa shape index (κ2) is 3.64. The minimum absolute atomic E-state index is 0.286. The SMILES string of the molecule is N=c1ccccn1C([N+](=O)[O-])[N+](=O)[O-]. The molecule has 0 radical (unpaired) electrons. The van der Waals surface area contributed by atoms with Gasteiger partial charge < -0.3 is 0 Å². The molecule has 1 aromatic heterocycles. The fourth-order valence-corrected chi connectivity index (χ4v) is 0.937. The van der Waals surface area contributed by atoms with Gasteiger partial charge in [-0.3, -0.25) is 25.6 Å². The van der Waals surface area contributed by atoms with E-state index >= 15 is 0 Å². The molecule has 1 aromatic rings. The number of nitrogens with zero attached hydrogens (tertiary/aromatic N) is 3. The Bertz CT molecular complexity index is 412. The molecule has 0 fully saturated rings. The molecular weight excluding hydrogens is 192 g/mol. The summed E-state index contributed by atoms with van der Waals surface area (Å²) in [5.74, 6) is 0. The third kappa shape index (κ3) is 1.73. The van der Waals surface area contributed by atoms with E-state index in [-0.39, 0.29) is 5.49 Å². The molecule has 1 rings (SSSR count). The number of rotatable bonds is 3. The molecule has 1 N–H and O–H groups in total. The average Bonchev–Trinajstić information content (AvgIpc) is 2.07. The molecule has 0 atom stereocenters. The Labute approximate surface area is 77.2 Å². The van der Waals surface area contributed by atoms with Crippen LogP contribution in [-0.2, 0) is 0 Å². The molecule has 0 aromatic carbocycles. The van der Waals surface area contributed by atoms with Gasteiger partial charge in [-0.25, -0.2) is 4.57 Å². The summed E-state index contributed by atoms with van der Waals surface area (Å²) in [6.45, 7) is 0. The maximum Gasteiger partial charge on any atom is 0.540 e. The van der Waals surface area contributed by atoms with Crippen LogP contribution in [0, 0.1) is 25.6 Å². The van der Waals surface area contributed by atoms with Gasteiger partial charge in [0.15, 0.2) is 0 Å². The van der Waals surface area contributed by atoms with Crippen molar-refractivity contribution in [2.24, 2.45) is 0 Å². The molecular formula is C6H6N4O4. The Hall–Kier alpha value is -2.25. The van der Waals surface area contributed by atoms with Gasteiger partial charge in [-0.15, -0.1) is 0 Å². The Kier molecular flexibility index (Phi) is 2.56. The van der Waals surface area contributed by atoms with E-state index in [9.17, 15) is 20.2 Å². The summed E-state index contributed by atoms with van der Waals surface area (Å²) in [6.07, 6.45) is -1.01. The average molecular weight is 198 g/mol. The predicted octanol–water partition coefficient (Wildman–Crippen LogP) is -0.0229. The van der Waals surface area contributed by atoms with Crippen LogP contribution >= 0.6 is 0 Å². The van der Waals surface area contributed by atoms with Crippen LogP contribution in [0.3, 0.4) is 0 Å². The van der Waals surface area contributed by atoms with E-state index in [1.54, 1.807) is 0 Å². The lowest BCUT2D eigenvalue weighted by Gasteiger charge is -2.04. The molecule has 74 valence electrons. The van der Waals surface area contributed by atoms with Crippen LogP contribution in [0.5, 0.6) is 0 Å². The van der Waals surface area contributed by atoms with E-state index in [2.05, 4.69) is 0 Å². The lowest BCUT2D eigenvalue weighted by atomic mass is 10.5. The van der Waals surface area contributed by atoms with E-state index in [1.165, 1.54) is 18.2 Å². The summed E-state index contributed by atoms with van der Waals surface area (Å²) in [6, 6.07) is 4.09. The van der Waals surface area contributed by atoms with E-state index in [0.29, 0.717) is 4.57 Å². The lowest BCUT2D eigenvalue weighted by molar-refractivity contribution is -0.773. The normalized spacial score (nSPS) is 10.1. The van der Waals surface area contributed by atoms with Gasteiger partial charge in [0.05, 0.1) is 0 Å². The van der Waals surface area contributed by atoms with Gasteiger partial charge in [-0.2, -0.15) is 0 Å². The molecule has 0 amide bonds. The van der Waals surface area contributed by atoms with Crippen molar-refractivity contribution in [3.63, 3.8) is 0 Å². The molecule has 0 aliphatic heterocycles. The van der Waals surface area contributed by atoms with Gasteiger partial charge in [0, 0.05) is 6.20 Å². The zero-order chi connectivity index (χ0) is 10.7. The van der Waals surface area contributed by atoms with Crippen LogP contribution in [0.2, 0.25) is 0 Å². The zero-order valence-electron chi connectivity index (χ0n) is 6.86. The standard InChI is InChI=1S/C6H6N4O4/c7-5-3-1-2-4-8(5)6(9(11)12)10(13)14/h1-4,6-7H. The van der Waals surface area contributed by atoms with Gasteiger partial charge in [0.1, 0.15) is 15.3 Å². The summed E-state index contributed by atoms with van der Waals surface area (Å²) in [7, 11) is 0. The Morgan fingerprint density at radius 1 is 1.29 bits per heavy atom. The second-order valence-corrected chi connectivity index (χ2v) is 2.41. The van der Waals surface area contributed by atoms with E-state index in [0.717, 1.165) is 6.20 Å². The van der Waals surface area contributed by atoms with Gasteiger partial charge in [-0.05, 0) is 12.1 Å². The topological polar surface area (TPSA) is 115 Å². The van der Waals surface area contributed by atoms with Crippen molar-refractivity contribution in [3.05, 3.63) is 50.1 Å². The largest absolute Gasteiger partial charge is 0.540 e. The summed E-state index contributed by atoms with van der Waals surface area (Å²) < 4.78 is 0.667. The highest BCUT2D eigenvalue weighted by Crippen LogP contribution is 2.03. The summed E-state index contributed by atoms with van der Waals surface area (Å²) in [5.41, 5.74) is -0.286. The number of pyridine rings is 1. The Morgan fingerprint density at radius 2 is 1.86 bits per heavy atom. The Balaban J connectivity index is 3.26. The summed E-state index contributed by atoms with van der Waals surface area (Å²) >= 11 is 0. The lowest BCUT2D eigenvalue weighted by Crippen LogP contribution is -2.33. The summed E-state index contributed by atoms with van der Waals surface area (Å²) in [5, 5.41) is 27.9. The van der Waals surface area contributed by atoms with Gasteiger partial charge >= 0.3 is 6.29 Å². The molecule has 0 unspecified atom stereocenters. The van der Waals surface area contributed by atoms with Crippen molar-refractivity contribution in [2.75, 3.05) is 0 Å². The Morgan fingerprint density at radius 3 is 2.29 bits per heavy atom. The van der Waals surface area contributed by atoms with Crippen LogP contribution in [0.4, 0.5) is 0 Å². The first-order chi connectivity index (χ1) is 6.54. The fourth-order valence-electron chi connectivity index (χ4n) is 0.937. The predicted molar refractivity (Wildman–Crippen MR) is 43.3 cm³/mol. The van der Waals surface area contributed by atoms with Crippen LogP contribution < -0.4 is 5.49 Å². The molecule has 14 heavy (non-hydrogen) atoms. The van der Waals surface area contributed by atoms with Crippen molar-refractivity contribution in [1.29, 1.82) is 5.41 Å². The van der Waals surface area contributed by atoms with E-state index in [4.69, 9.17) is 5.41 Å². The molecule has 8 heteroatoms. The third-order valence-electron chi connectivity index (χ3n) is 1.52. The number of aromatic nitrogens is 1. The van der Waals surface area contributed by atoms with Gasteiger partial charge in [-0.1, -0.05) is 6.07 Å². The first kappa shape index (κ1) is 9.84. The maximum absolute atomic E-state index is 10.4. The number of nitro groups is 2. The maximum atomic E-state index is 10.4. The van der Waals surface area contributed by atoms with Crippen molar-refractivity contribution >= 4 is 0 Å². The smallest absolute Gasteiger partial charge is 0.284 e. The second-order valence-electron chi connectivity index (χ2n) is 2.41. The molecule has 0 spiro atoms. The van der Waals surface area contributed by atoms with Crippen molar-refractivity contribution in [2.45, 2.75) is 6.29 Å². The van der Waals surface area contributed by atoms with Gasteiger partial charge in [0.2, 0.25) is 0 Å². The number of hydrogen-bond acceptors (Lipinski definition) is 5. The third-order valence-corrected chi connectivity index (χ3v) is 1.52.